The molecule has 1 N–H and O–H groups in total. The normalized spacial score (nSPS) is 13.9. The molecule has 1 aliphatic rings. The molecular formula is C20H25N5O3. The smallest absolute Gasteiger partial charge is 0.332 e. The molecule has 28 heavy (non-hydrogen) atoms. The highest BCUT2D eigenvalue weighted by molar-refractivity contribution is 5.74. The first-order chi connectivity index (χ1) is 13.6. The van der Waals surface area contributed by atoms with Crippen molar-refractivity contribution in [3.63, 3.8) is 0 Å². The number of hydrogen-bond donors (Lipinski definition) is 1. The van der Waals surface area contributed by atoms with Gasteiger partial charge in [-0.15, -0.1) is 0 Å². The van der Waals surface area contributed by atoms with Crippen LogP contribution in [0.25, 0.3) is 11.2 Å². The van der Waals surface area contributed by atoms with Gasteiger partial charge in [-0.05, 0) is 24.8 Å². The molecule has 3 heterocycles. The third-order valence-corrected chi connectivity index (χ3v) is 5.36. The zero-order chi connectivity index (χ0) is 19.7. The molecule has 0 bridgehead atoms. The summed E-state index contributed by atoms with van der Waals surface area (Å²) in [6, 6.07) is 10.3. The predicted molar refractivity (Wildman–Crippen MR) is 108 cm³/mol. The Labute approximate surface area is 162 Å². The van der Waals surface area contributed by atoms with E-state index in [-0.39, 0.29) is 18.7 Å². The van der Waals surface area contributed by atoms with E-state index in [2.05, 4.69) is 22.0 Å². The first kappa shape index (κ1) is 18.5. The molecule has 3 aromatic rings. The lowest BCUT2D eigenvalue weighted by Crippen LogP contribution is -2.40. The van der Waals surface area contributed by atoms with Gasteiger partial charge in [0.05, 0.1) is 0 Å². The second-order valence-corrected chi connectivity index (χ2v) is 7.19. The van der Waals surface area contributed by atoms with Crippen molar-refractivity contribution < 1.29 is 5.11 Å². The van der Waals surface area contributed by atoms with Gasteiger partial charge in [-0.3, -0.25) is 13.9 Å². The SMILES string of the molecule is Cn1c(=O)n(CCCO)c(=O)c2c1nc1n2CCCN1CCc1ccccc1. The van der Waals surface area contributed by atoms with Crippen LogP contribution in [-0.4, -0.2) is 43.5 Å². The van der Waals surface area contributed by atoms with Crippen LogP contribution in [0.4, 0.5) is 5.95 Å². The van der Waals surface area contributed by atoms with Gasteiger partial charge in [-0.1, -0.05) is 30.3 Å². The zero-order valence-electron chi connectivity index (χ0n) is 16.0. The van der Waals surface area contributed by atoms with Crippen LogP contribution in [0.1, 0.15) is 18.4 Å². The van der Waals surface area contributed by atoms with Gasteiger partial charge in [0, 0.05) is 39.8 Å². The topological polar surface area (TPSA) is 85.3 Å². The molecule has 4 rings (SSSR count). The first-order valence-electron chi connectivity index (χ1n) is 9.71. The number of aliphatic hydroxyl groups is 1. The summed E-state index contributed by atoms with van der Waals surface area (Å²) in [4.78, 5) is 32.5. The van der Waals surface area contributed by atoms with E-state index in [4.69, 9.17) is 5.11 Å². The van der Waals surface area contributed by atoms with E-state index in [9.17, 15) is 9.59 Å². The molecule has 0 saturated carbocycles. The number of imidazole rings is 1. The quantitative estimate of drug-likeness (QED) is 0.678. The van der Waals surface area contributed by atoms with Gasteiger partial charge in [-0.25, -0.2) is 4.79 Å². The summed E-state index contributed by atoms with van der Waals surface area (Å²) in [6.45, 7) is 2.53. The number of aliphatic hydroxyl groups excluding tert-OH is 1. The highest BCUT2D eigenvalue weighted by atomic mass is 16.3. The van der Waals surface area contributed by atoms with Crippen LogP contribution >= 0.6 is 0 Å². The molecule has 8 heteroatoms. The molecule has 1 aliphatic heterocycles. The molecule has 1 aromatic carbocycles. The number of nitrogens with zero attached hydrogens (tertiary/aromatic N) is 5. The van der Waals surface area contributed by atoms with Gasteiger partial charge < -0.3 is 14.6 Å². The van der Waals surface area contributed by atoms with Crippen molar-refractivity contribution in [2.45, 2.75) is 32.4 Å². The molecule has 2 aromatic heterocycles. The fraction of sp³-hybridized carbons (Fsp3) is 0.450. The van der Waals surface area contributed by atoms with Gasteiger partial charge in [0.1, 0.15) is 0 Å². The molecule has 0 aliphatic carbocycles. The predicted octanol–water partition coefficient (Wildman–Crippen LogP) is 0.732. The Morgan fingerprint density at radius 1 is 1.11 bits per heavy atom. The average molecular weight is 383 g/mol. The van der Waals surface area contributed by atoms with Crippen molar-refractivity contribution in [1.82, 2.24) is 18.7 Å². The summed E-state index contributed by atoms with van der Waals surface area (Å²) in [5.41, 5.74) is 1.44. The molecule has 0 fully saturated rings. The Hall–Kier alpha value is -2.87. The number of hydrogen-bond acceptors (Lipinski definition) is 5. The van der Waals surface area contributed by atoms with Crippen molar-refractivity contribution in [2.75, 3.05) is 24.6 Å². The van der Waals surface area contributed by atoms with Gasteiger partial charge in [-0.2, -0.15) is 4.98 Å². The number of rotatable bonds is 6. The maximum atomic E-state index is 13.0. The van der Waals surface area contributed by atoms with Crippen LogP contribution < -0.4 is 16.1 Å². The number of fused-ring (bicyclic) bond motifs is 3. The highest BCUT2D eigenvalue weighted by Crippen LogP contribution is 2.24. The zero-order valence-corrected chi connectivity index (χ0v) is 16.0. The van der Waals surface area contributed by atoms with E-state index in [1.807, 2.05) is 22.8 Å². The molecule has 0 radical (unpaired) electrons. The van der Waals surface area contributed by atoms with E-state index < -0.39 is 5.69 Å². The third kappa shape index (κ3) is 3.13. The van der Waals surface area contributed by atoms with Gasteiger partial charge >= 0.3 is 5.69 Å². The summed E-state index contributed by atoms with van der Waals surface area (Å²) < 4.78 is 4.59. The van der Waals surface area contributed by atoms with Crippen LogP contribution in [0.15, 0.2) is 39.9 Å². The van der Waals surface area contributed by atoms with Gasteiger partial charge in [0.15, 0.2) is 11.2 Å². The van der Waals surface area contributed by atoms with Crippen molar-refractivity contribution >= 4 is 17.1 Å². The largest absolute Gasteiger partial charge is 0.396 e. The Kier molecular flexibility index (Phi) is 5.04. The van der Waals surface area contributed by atoms with Crippen LogP contribution in [0.2, 0.25) is 0 Å². The van der Waals surface area contributed by atoms with Crippen molar-refractivity contribution in [3.05, 3.63) is 56.7 Å². The minimum absolute atomic E-state index is 0.0641. The standard InChI is InChI=1S/C20H25N5O3/c1-22-17-16(18(27)25(20(22)28)12-6-14-26)24-11-5-10-23(19(24)21-17)13-9-15-7-3-2-4-8-15/h2-4,7-8,26H,5-6,9-14H2,1H3. The molecular weight excluding hydrogens is 358 g/mol. The summed E-state index contributed by atoms with van der Waals surface area (Å²) in [5, 5.41) is 9.08. The van der Waals surface area contributed by atoms with Crippen LogP contribution in [0, 0.1) is 0 Å². The second-order valence-electron chi connectivity index (χ2n) is 7.19. The Morgan fingerprint density at radius 2 is 1.89 bits per heavy atom. The van der Waals surface area contributed by atoms with Crippen molar-refractivity contribution in [1.29, 1.82) is 0 Å². The lowest BCUT2D eigenvalue weighted by atomic mass is 10.1. The summed E-state index contributed by atoms with van der Waals surface area (Å²) >= 11 is 0. The maximum absolute atomic E-state index is 13.0. The average Bonchev–Trinajstić information content (AvgIpc) is 3.12. The van der Waals surface area contributed by atoms with E-state index in [1.165, 1.54) is 14.7 Å². The van der Waals surface area contributed by atoms with Crippen molar-refractivity contribution in [3.8, 4) is 0 Å². The number of benzene rings is 1. The monoisotopic (exact) mass is 383 g/mol. The van der Waals surface area contributed by atoms with Crippen LogP contribution in [0.3, 0.4) is 0 Å². The molecule has 0 saturated heterocycles. The molecule has 0 atom stereocenters. The second kappa shape index (κ2) is 7.63. The Morgan fingerprint density at radius 3 is 2.64 bits per heavy atom. The summed E-state index contributed by atoms with van der Waals surface area (Å²) in [7, 11) is 1.65. The Balaban J connectivity index is 1.75. The Bertz CT molecular complexity index is 1100. The first-order valence-corrected chi connectivity index (χ1v) is 9.71. The van der Waals surface area contributed by atoms with Crippen LogP contribution in [0.5, 0.6) is 0 Å². The summed E-state index contributed by atoms with van der Waals surface area (Å²) in [5.74, 6) is 0.754. The van der Waals surface area contributed by atoms with Crippen LogP contribution in [-0.2, 0) is 26.6 Å². The van der Waals surface area contributed by atoms with Gasteiger partial charge in [0.25, 0.3) is 5.56 Å². The van der Waals surface area contributed by atoms with E-state index in [1.54, 1.807) is 7.05 Å². The molecule has 0 amide bonds. The molecule has 0 spiro atoms. The maximum Gasteiger partial charge on any atom is 0.332 e. The highest BCUT2D eigenvalue weighted by Gasteiger charge is 2.25. The lowest BCUT2D eigenvalue weighted by Gasteiger charge is -2.29. The van der Waals surface area contributed by atoms with E-state index >= 15 is 0 Å². The van der Waals surface area contributed by atoms with Crippen molar-refractivity contribution in [2.24, 2.45) is 7.05 Å². The number of aryl methyl sites for hydroxylation is 2. The minimum atomic E-state index is -0.391. The number of anilines is 1. The van der Waals surface area contributed by atoms with E-state index in [0.717, 1.165) is 31.9 Å². The van der Waals surface area contributed by atoms with Gasteiger partial charge in [0.2, 0.25) is 5.95 Å². The molecule has 8 nitrogen and oxygen atoms in total. The molecule has 148 valence electrons. The summed E-state index contributed by atoms with van der Waals surface area (Å²) in [6.07, 6.45) is 2.18. The lowest BCUT2D eigenvalue weighted by molar-refractivity contribution is 0.277. The molecule has 0 unspecified atom stereocenters. The fourth-order valence-electron chi connectivity index (χ4n) is 3.88. The number of aromatic nitrogens is 4. The minimum Gasteiger partial charge on any atom is -0.396 e. The fourth-order valence-corrected chi connectivity index (χ4v) is 3.88. The third-order valence-electron chi connectivity index (χ3n) is 5.36. The van der Waals surface area contributed by atoms with E-state index in [0.29, 0.717) is 24.1 Å².